The molecule has 0 saturated heterocycles. The number of pyridine rings is 1. The molecule has 1 aromatic carbocycles. The number of benzene rings is 1. The molecular weight excluding hydrogens is 387 g/mol. The molecular formula is C20H18F3N3O3. The average molecular weight is 405 g/mol. The summed E-state index contributed by atoms with van der Waals surface area (Å²) in [7, 11) is 2.88. The molecule has 3 rings (SSSR count). The summed E-state index contributed by atoms with van der Waals surface area (Å²) < 4.78 is 54.8. The fraction of sp³-hybridized carbons (Fsp3) is 0.250. The first-order valence-corrected chi connectivity index (χ1v) is 8.59. The van der Waals surface area contributed by atoms with Gasteiger partial charge >= 0.3 is 12.2 Å². The lowest BCUT2D eigenvalue weighted by Crippen LogP contribution is -2.14. The number of methoxy groups -OCH3 is 2. The van der Waals surface area contributed by atoms with Crippen LogP contribution in [0.4, 0.5) is 13.2 Å². The molecule has 6 nitrogen and oxygen atoms in total. The van der Waals surface area contributed by atoms with Gasteiger partial charge in [0, 0.05) is 18.8 Å². The van der Waals surface area contributed by atoms with Gasteiger partial charge in [-0.15, -0.1) is 0 Å². The Morgan fingerprint density at radius 2 is 1.48 bits per heavy atom. The molecule has 2 heterocycles. The maximum absolute atomic E-state index is 12.9. The smallest absolute Gasteiger partial charge is 0.416 e. The quantitative estimate of drug-likeness (QED) is 0.585. The predicted octanol–water partition coefficient (Wildman–Crippen LogP) is 4.27. The van der Waals surface area contributed by atoms with Gasteiger partial charge in [0.15, 0.2) is 0 Å². The summed E-state index contributed by atoms with van der Waals surface area (Å²) in [4.78, 5) is 12.2. The first-order chi connectivity index (χ1) is 13.9. The van der Waals surface area contributed by atoms with E-state index in [1.54, 1.807) is 24.5 Å². The molecule has 2 aromatic heterocycles. The topological polar surface area (TPSA) is 66.4 Å². The molecule has 0 amide bonds. The van der Waals surface area contributed by atoms with Crippen LogP contribution in [0, 0.1) is 0 Å². The van der Waals surface area contributed by atoms with Gasteiger partial charge in [0.2, 0.25) is 11.8 Å². The molecule has 0 spiro atoms. The van der Waals surface area contributed by atoms with Crippen LogP contribution in [0.2, 0.25) is 0 Å². The second-order valence-corrected chi connectivity index (χ2v) is 6.02. The van der Waals surface area contributed by atoms with E-state index >= 15 is 0 Å². The van der Waals surface area contributed by atoms with Crippen molar-refractivity contribution in [1.82, 2.24) is 15.0 Å². The Morgan fingerprint density at radius 3 is 2.00 bits per heavy atom. The highest BCUT2D eigenvalue weighted by Gasteiger charge is 2.30. The van der Waals surface area contributed by atoms with Gasteiger partial charge in [-0.2, -0.15) is 23.1 Å². The first kappa shape index (κ1) is 20.4. The molecule has 0 bridgehead atoms. The van der Waals surface area contributed by atoms with Crippen LogP contribution in [-0.4, -0.2) is 29.2 Å². The number of rotatable bonds is 7. The van der Waals surface area contributed by atoms with Gasteiger partial charge in [-0.25, -0.2) is 0 Å². The highest BCUT2D eigenvalue weighted by Crippen LogP contribution is 2.32. The molecule has 29 heavy (non-hydrogen) atoms. The van der Waals surface area contributed by atoms with Crippen molar-refractivity contribution in [3.05, 3.63) is 71.5 Å². The number of hydrogen-bond acceptors (Lipinski definition) is 6. The van der Waals surface area contributed by atoms with E-state index in [0.29, 0.717) is 12.0 Å². The van der Waals surface area contributed by atoms with Crippen molar-refractivity contribution < 1.29 is 27.4 Å². The molecule has 1 atom stereocenters. The molecule has 0 aliphatic rings. The third-order valence-corrected chi connectivity index (χ3v) is 4.10. The highest BCUT2D eigenvalue weighted by molar-refractivity contribution is 5.29. The van der Waals surface area contributed by atoms with Crippen molar-refractivity contribution in [2.45, 2.75) is 18.7 Å². The number of nitrogens with zero attached hydrogens (tertiary/aromatic N) is 3. The Hall–Kier alpha value is -3.36. The minimum Gasteiger partial charge on any atom is -0.481 e. The zero-order valence-electron chi connectivity index (χ0n) is 15.7. The van der Waals surface area contributed by atoms with Gasteiger partial charge in [0.1, 0.15) is 6.10 Å². The molecule has 0 radical (unpaired) electrons. The van der Waals surface area contributed by atoms with Gasteiger partial charge < -0.3 is 14.2 Å². The largest absolute Gasteiger partial charge is 0.481 e. The van der Waals surface area contributed by atoms with E-state index in [2.05, 4.69) is 15.0 Å². The van der Waals surface area contributed by atoms with Crippen molar-refractivity contribution >= 4 is 0 Å². The summed E-state index contributed by atoms with van der Waals surface area (Å²) in [6.45, 7) is 0. The van der Waals surface area contributed by atoms with E-state index in [1.165, 1.54) is 32.4 Å². The first-order valence-electron chi connectivity index (χ1n) is 8.59. The second-order valence-electron chi connectivity index (χ2n) is 6.02. The summed E-state index contributed by atoms with van der Waals surface area (Å²) in [5, 5.41) is 0. The number of hydrogen-bond donors (Lipinski definition) is 0. The molecule has 0 fully saturated rings. The second kappa shape index (κ2) is 8.76. The van der Waals surface area contributed by atoms with Gasteiger partial charge in [0.05, 0.1) is 25.8 Å². The third kappa shape index (κ3) is 5.34. The summed E-state index contributed by atoms with van der Waals surface area (Å²) >= 11 is 0. The zero-order valence-corrected chi connectivity index (χ0v) is 15.7. The van der Waals surface area contributed by atoms with Gasteiger partial charge in [-0.05, 0) is 35.4 Å². The van der Waals surface area contributed by atoms with Crippen molar-refractivity contribution in [2.75, 3.05) is 14.2 Å². The molecule has 0 N–H and O–H groups in total. The van der Waals surface area contributed by atoms with Crippen LogP contribution in [0.15, 0.2) is 54.9 Å². The summed E-state index contributed by atoms with van der Waals surface area (Å²) in [6, 6.07) is 9.87. The minimum atomic E-state index is -4.41. The number of aromatic nitrogens is 3. The van der Waals surface area contributed by atoms with E-state index in [9.17, 15) is 13.2 Å². The van der Waals surface area contributed by atoms with E-state index in [-0.39, 0.29) is 17.8 Å². The molecule has 152 valence electrons. The zero-order chi connectivity index (χ0) is 20.9. The maximum atomic E-state index is 12.9. The summed E-state index contributed by atoms with van der Waals surface area (Å²) in [5.74, 6) is 0.476. The molecule has 0 aliphatic carbocycles. The van der Waals surface area contributed by atoms with Crippen LogP contribution in [0.1, 0.15) is 22.8 Å². The van der Waals surface area contributed by atoms with Crippen molar-refractivity contribution in [3.63, 3.8) is 0 Å². The van der Waals surface area contributed by atoms with Gasteiger partial charge in [-0.1, -0.05) is 12.1 Å². The number of halogens is 3. The van der Waals surface area contributed by atoms with E-state index < -0.39 is 17.8 Å². The maximum Gasteiger partial charge on any atom is 0.416 e. The monoisotopic (exact) mass is 405 g/mol. The molecule has 9 heteroatoms. The van der Waals surface area contributed by atoms with E-state index in [0.717, 1.165) is 17.7 Å². The minimum absolute atomic E-state index is 0.0137. The van der Waals surface area contributed by atoms with Crippen LogP contribution in [-0.2, 0) is 12.6 Å². The number of alkyl halides is 3. The van der Waals surface area contributed by atoms with Crippen LogP contribution in [0.3, 0.4) is 0 Å². The summed E-state index contributed by atoms with van der Waals surface area (Å²) in [5.41, 5.74) is 0.697. The molecule has 0 aliphatic heterocycles. The predicted molar refractivity (Wildman–Crippen MR) is 97.9 cm³/mol. The van der Waals surface area contributed by atoms with Crippen LogP contribution >= 0.6 is 0 Å². The van der Waals surface area contributed by atoms with Crippen LogP contribution in [0.25, 0.3) is 0 Å². The van der Waals surface area contributed by atoms with E-state index in [1.807, 2.05) is 0 Å². The lowest BCUT2D eigenvalue weighted by atomic mass is 10.0. The number of ether oxygens (including phenoxy) is 3. The Morgan fingerprint density at radius 1 is 0.897 bits per heavy atom. The Labute approximate surface area is 165 Å². The Balaban J connectivity index is 1.93. The highest BCUT2D eigenvalue weighted by atomic mass is 19.4. The Bertz CT molecular complexity index is 913. The standard InChI is InChI=1S/C20H18F3N3O3/c1-27-17-12-18(28-2)26-19(25-17)29-16(11-13-7-9-24-10-8-13)14-3-5-15(6-4-14)20(21,22)23/h3-10,12,16H,11H2,1-2H3. The molecule has 1 unspecified atom stereocenters. The fourth-order valence-electron chi connectivity index (χ4n) is 2.62. The van der Waals surface area contributed by atoms with Crippen molar-refractivity contribution in [1.29, 1.82) is 0 Å². The van der Waals surface area contributed by atoms with Crippen LogP contribution in [0.5, 0.6) is 17.8 Å². The lowest BCUT2D eigenvalue weighted by Gasteiger charge is -2.19. The SMILES string of the molecule is COc1cc(OC)nc(OC(Cc2ccncc2)c2ccc(C(F)(F)F)cc2)n1. The van der Waals surface area contributed by atoms with Gasteiger partial charge in [0.25, 0.3) is 0 Å². The Kier molecular flexibility index (Phi) is 6.16. The third-order valence-electron chi connectivity index (χ3n) is 4.10. The van der Waals surface area contributed by atoms with Crippen molar-refractivity contribution in [2.24, 2.45) is 0 Å². The average Bonchev–Trinajstić information content (AvgIpc) is 2.73. The van der Waals surface area contributed by atoms with Crippen molar-refractivity contribution in [3.8, 4) is 17.8 Å². The normalized spacial score (nSPS) is 12.3. The molecule has 3 aromatic rings. The fourth-order valence-corrected chi connectivity index (χ4v) is 2.62. The van der Waals surface area contributed by atoms with Gasteiger partial charge in [-0.3, -0.25) is 4.98 Å². The lowest BCUT2D eigenvalue weighted by molar-refractivity contribution is -0.137. The summed E-state index contributed by atoms with van der Waals surface area (Å²) in [6.07, 6.45) is -1.43. The van der Waals surface area contributed by atoms with Crippen LogP contribution < -0.4 is 14.2 Å². The van der Waals surface area contributed by atoms with E-state index in [4.69, 9.17) is 14.2 Å². The molecule has 0 saturated carbocycles.